The normalized spacial score (nSPS) is 21.5. The monoisotopic (exact) mass is 290 g/mol. The SMILES string of the molecule is CC(C)c1ncc(OCC2CC=CCC2C)c(C(=O)O)n1. The lowest BCUT2D eigenvalue weighted by atomic mass is 9.85. The molecule has 0 aromatic carbocycles. The number of nitrogens with zero attached hydrogens (tertiary/aromatic N) is 2. The third-order valence-corrected chi connectivity index (χ3v) is 3.86. The molecule has 1 aliphatic carbocycles. The summed E-state index contributed by atoms with van der Waals surface area (Å²) in [5.74, 6) is 0.731. The quantitative estimate of drug-likeness (QED) is 0.842. The van der Waals surface area contributed by atoms with Crippen molar-refractivity contribution in [1.29, 1.82) is 0 Å². The van der Waals surface area contributed by atoms with Crippen molar-refractivity contribution in [3.8, 4) is 5.75 Å². The number of allylic oxidation sites excluding steroid dienone is 2. The number of carbonyl (C=O) groups is 1. The number of carboxylic acid groups (broad SMARTS) is 1. The number of rotatable bonds is 5. The van der Waals surface area contributed by atoms with Crippen LogP contribution in [0, 0.1) is 11.8 Å². The molecule has 5 nitrogen and oxygen atoms in total. The topological polar surface area (TPSA) is 72.3 Å². The average molecular weight is 290 g/mol. The molecule has 21 heavy (non-hydrogen) atoms. The summed E-state index contributed by atoms with van der Waals surface area (Å²) in [6.07, 6.45) is 7.83. The molecule has 0 spiro atoms. The van der Waals surface area contributed by atoms with E-state index in [1.54, 1.807) is 0 Å². The Kier molecular flexibility index (Phi) is 4.94. The minimum Gasteiger partial charge on any atom is -0.489 e. The van der Waals surface area contributed by atoms with Crippen LogP contribution >= 0.6 is 0 Å². The summed E-state index contributed by atoms with van der Waals surface area (Å²) < 4.78 is 5.70. The summed E-state index contributed by atoms with van der Waals surface area (Å²) >= 11 is 0. The summed E-state index contributed by atoms with van der Waals surface area (Å²) in [7, 11) is 0. The zero-order valence-corrected chi connectivity index (χ0v) is 12.7. The van der Waals surface area contributed by atoms with Crippen LogP contribution in [0.1, 0.15) is 55.8 Å². The van der Waals surface area contributed by atoms with Crippen LogP contribution in [0.4, 0.5) is 0 Å². The van der Waals surface area contributed by atoms with Gasteiger partial charge in [0.15, 0.2) is 11.4 Å². The van der Waals surface area contributed by atoms with Crippen molar-refractivity contribution in [3.05, 3.63) is 29.9 Å². The summed E-state index contributed by atoms with van der Waals surface area (Å²) in [4.78, 5) is 19.6. The highest BCUT2D eigenvalue weighted by Gasteiger charge is 2.22. The minimum atomic E-state index is -1.08. The Morgan fingerprint density at radius 3 is 2.76 bits per heavy atom. The van der Waals surface area contributed by atoms with Gasteiger partial charge in [0, 0.05) is 5.92 Å². The number of carboxylic acids is 1. The maximum Gasteiger partial charge on any atom is 0.358 e. The van der Waals surface area contributed by atoms with Gasteiger partial charge < -0.3 is 9.84 Å². The van der Waals surface area contributed by atoms with Gasteiger partial charge in [-0.25, -0.2) is 14.8 Å². The van der Waals surface area contributed by atoms with Crippen LogP contribution in [0.2, 0.25) is 0 Å². The van der Waals surface area contributed by atoms with Crippen LogP contribution < -0.4 is 4.74 Å². The van der Waals surface area contributed by atoms with Crippen LogP contribution in [0.25, 0.3) is 0 Å². The van der Waals surface area contributed by atoms with Gasteiger partial charge in [0.2, 0.25) is 0 Å². The van der Waals surface area contributed by atoms with E-state index in [0.29, 0.717) is 24.3 Å². The molecule has 2 atom stereocenters. The van der Waals surface area contributed by atoms with Crippen LogP contribution in [-0.2, 0) is 0 Å². The number of ether oxygens (including phenoxy) is 1. The molecular weight excluding hydrogens is 268 g/mol. The maximum absolute atomic E-state index is 11.3. The fourth-order valence-corrected chi connectivity index (χ4v) is 2.36. The summed E-state index contributed by atoms with van der Waals surface area (Å²) in [5, 5.41) is 9.28. The van der Waals surface area contributed by atoms with Crippen molar-refractivity contribution in [1.82, 2.24) is 9.97 Å². The summed E-state index contributed by atoms with van der Waals surface area (Å²) in [5.41, 5.74) is -0.0484. The first kappa shape index (κ1) is 15.5. The third kappa shape index (κ3) is 3.80. The second-order valence-electron chi connectivity index (χ2n) is 5.89. The Morgan fingerprint density at radius 2 is 2.14 bits per heavy atom. The summed E-state index contributed by atoms with van der Waals surface area (Å²) in [6.45, 7) is 6.54. The Bertz CT molecular complexity index is 540. The van der Waals surface area contributed by atoms with E-state index in [9.17, 15) is 9.90 Å². The van der Waals surface area contributed by atoms with Crippen LogP contribution in [0.15, 0.2) is 18.3 Å². The lowest BCUT2D eigenvalue weighted by Crippen LogP contribution is -2.22. The molecule has 1 N–H and O–H groups in total. The molecular formula is C16H22N2O3. The van der Waals surface area contributed by atoms with Crippen molar-refractivity contribution in [2.75, 3.05) is 6.61 Å². The highest BCUT2D eigenvalue weighted by molar-refractivity contribution is 5.88. The predicted octanol–water partition coefficient (Wildman–Crippen LogP) is 3.28. The van der Waals surface area contributed by atoms with E-state index < -0.39 is 5.97 Å². The molecule has 0 radical (unpaired) electrons. The van der Waals surface area contributed by atoms with Gasteiger partial charge in [-0.15, -0.1) is 0 Å². The molecule has 1 aliphatic rings. The van der Waals surface area contributed by atoms with E-state index >= 15 is 0 Å². The predicted molar refractivity (Wildman–Crippen MR) is 79.6 cm³/mol. The Morgan fingerprint density at radius 1 is 1.43 bits per heavy atom. The number of hydrogen-bond acceptors (Lipinski definition) is 4. The van der Waals surface area contributed by atoms with Gasteiger partial charge in [-0.3, -0.25) is 0 Å². The second kappa shape index (κ2) is 6.70. The maximum atomic E-state index is 11.3. The molecule has 0 amide bonds. The van der Waals surface area contributed by atoms with Gasteiger partial charge in [0.25, 0.3) is 0 Å². The van der Waals surface area contributed by atoms with Gasteiger partial charge in [-0.1, -0.05) is 32.9 Å². The molecule has 114 valence electrons. The lowest BCUT2D eigenvalue weighted by molar-refractivity contribution is 0.0682. The van der Waals surface area contributed by atoms with E-state index in [2.05, 4.69) is 29.0 Å². The Balaban J connectivity index is 2.12. The molecule has 0 fully saturated rings. The lowest BCUT2D eigenvalue weighted by Gasteiger charge is -2.25. The van der Waals surface area contributed by atoms with E-state index in [1.165, 1.54) is 6.20 Å². The molecule has 1 aromatic heterocycles. The number of hydrogen-bond donors (Lipinski definition) is 1. The molecule has 1 aromatic rings. The van der Waals surface area contributed by atoms with Crippen molar-refractivity contribution < 1.29 is 14.6 Å². The van der Waals surface area contributed by atoms with Gasteiger partial charge >= 0.3 is 5.97 Å². The molecule has 2 rings (SSSR count). The highest BCUT2D eigenvalue weighted by Crippen LogP contribution is 2.26. The largest absolute Gasteiger partial charge is 0.489 e. The standard InChI is InChI=1S/C16H22N2O3/c1-10(2)15-17-8-13(14(18-15)16(19)20)21-9-12-7-5-4-6-11(12)3/h4-5,8,10-12H,6-7,9H2,1-3H3,(H,19,20). The zero-order chi connectivity index (χ0) is 15.4. The van der Waals surface area contributed by atoms with E-state index in [4.69, 9.17) is 4.74 Å². The van der Waals surface area contributed by atoms with E-state index in [-0.39, 0.29) is 17.4 Å². The first-order chi connectivity index (χ1) is 9.99. The van der Waals surface area contributed by atoms with Crippen molar-refractivity contribution in [2.45, 2.75) is 39.5 Å². The van der Waals surface area contributed by atoms with Crippen molar-refractivity contribution in [3.63, 3.8) is 0 Å². The van der Waals surface area contributed by atoms with Crippen LogP contribution in [0.3, 0.4) is 0 Å². The fourth-order valence-electron chi connectivity index (χ4n) is 2.36. The van der Waals surface area contributed by atoms with Crippen LogP contribution in [0.5, 0.6) is 5.75 Å². The minimum absolute atomic E-state index is 0.0484. The van der Waals surface area contributed by atoms with Crippen molar-refractivity contribution in [2.24, 2.45) is 11.8 Å². The molecule has 0 bridgehead atoms. The average Bonchev–Trinajstić information content (AvgIpc) is 2.46. The molecule has 0 saturated heterocycles. The number of aromatic carboxylic acids is 1. The van der Waals surface area contributed by atoms with E-state index in [1.807, 2.05) is 13.8 Å². The molecule has 0 aliphatic heterocycles. The molecule has 5 heteroatoms. The van der Waals surface area contributed by atoms with Gasteiger partial charge in [-0.05, 0) is 24.7 Å². The van der Waals surface area contributed by atoms with Gasteiger partial charge in [-0.2, -0.15) is 0 Å². The molecule has 1 heterocycles. The van der Waals surface area contributed by atoms with Gasteiger partial charge in [0.1, 0.15) is 5.82 Å². The van der Waals surface area contributed by atoms with Gasteiger partial charge in [0.05, 0.1) is 12.8 Å². The third-order valence-electron chi connectivity index (χ3n) is 3.86. The van der Waals surface area contributed by atoms with E-state index in [0.717, 1.165) is 12.8 Å². The second-order valence-corrected chi connectivity index (χ2v) is 5.89. The smallest absolute Gasteiger partial charge is 0.358 e. The first-order valence-corrected chi connectivity index (χ1v) is 7.37. The Hall–Kier alpha value is -1.91. The molecule has 0 saturated carbocycles. The summed E-state index contributed by atoms with van der Waals surface area (Å²) in [6, 6.07) is 0. The Labute approximate surface area is 125 Å². The van der Waals surface area contributed by atoms with Crippen LogP contribution in [-0.4, -0.2) is 27.7 Å². The first-order valence-electron chi connectivity index (χ1n) is 7.37. The fraction of sp³-hybridized carbons (Fsp3) is 0.562. The number of aromatic nitrogens is 2. The highest BCUT2D eigenvalue weighted by atomic mass is 16.5. The van der Waals surface area contributed by atoms with Crippen molar-refractivity contribution >= 4 is 5.97 Å². The zero-order valence-electron chi connectivity index (χ0n) is 12.7. The molecule has 2 unspecified atom stereocenters.